The van der Waals surface area contributed by atoms with Gasteiger partial charge in [-0.25, -0.2) is 4.79 Å². The number of nitrogens with zero attached hydrogens (tertiary/aromatic N) is 1. The van der Waals surface area contributed by atoms with Crippen molar-refractivity contribution in [1.82, 2.24) is 4.98 Å². The molecular formula is C18H18N2O5. The molecule has 0 aliphatic rings. The second kappa shape index (κ2) is 6.52. The number of carbonyl (C=O) groups is 1. The number of nitrogen functional groups attached to an aromatic ring is 1. The molecule has 0 fully saturated rings. The van der Waals surface area contributed by atoms with Crippen LogP contribution in [0.1, 0.15) is 35.7 Å². The molecule has 0 aliphatic carbocycles. The molecule has 130 valence electrons. The molecule has 0 saturated heterocycles. The Morgan fingerprint density at radius 2 is 2.12 bits per heavy atom. The van der Waals surface area contributed by atoms with Crippen LogP contribution in [0.3, 0.4) is 0 Å². The zero-order valence-corrected chi connectivity index (χ0v) is 13.9. The van der Waals surface area contributed by atoms with Gasteiger partial charge in [-0.3, -0.25) is 4.79 Å². The van der Waals surface area contributed by atoms with E-state index in [-0.39, 0.29) is 47.0 Å². The van der Waals surface area contributed by atoms with Gasteiger partial charge in [-0.15, -0.1) is 0 Å². The molecule has 25 heavy (non-hydrogen) atoms. The Kier molecular flexibility index (Phi) is 4.41. The third kappa shape index (κ3) is 2.94. The van der Waals surface area contributed by atoms with E-state index in [2.05, 4.69) is 4.98 Å². The highest BCUT2D eigenvalue weighted by atomic mass is 16.5. The number of benzene rings is 1. The number of carbonyl (C=O) groups excluding carboxylic acids is 1. The molecule has 0 bridgehead atoms. The number of aliphatic hydroxyl groups is 1. The Hall–Kier alpha value is -2.93. The summed E-state index contributed by atoms with van der Waals surface area (Å²) in [5, 5.41) is 9.81. The zero-order valence-electron chi connectivity index (χ0n) is 13.9. The maximum atomic E-state index is 12.8. The molecule has 0 amide bonds. The summed E-state index contributed by atoms with van der Waals surface area (Å²) in [4.78, 5) is 28.8. The third-order valence-corrected chi connectivity index (χ3v) is 4.05. The largest absolute Gasteiger partial charge is 0.462 e. The van der Waals surface area contributed by atoms with Crippen LogP contribution in [-0.4, -0.2) is 29.3 Å². The molecule has 2 heterocycles. The number of hydrogen-bond donors (Lipinski definition) is 2. The van der Waals surface area contributed by atoms with Crippen LogP contribution in [0.15, 0.2) is 33.5 Å². The van der Waals surface area contributed by atoms with E-state index in [0.717, 1.165) is 5.56 Å². The van der Waals surface area contributed by atoms with Crippen molar-refractivity contribution in [2.24, 2.45) is 0 Å². The molecule has 3 N–H and O–H groups in total. The van der Waals surface area contributed by atoms with E-state index in [9.17, 15) is 14.7 Å². The normalized spacial score (nSPS) is 12.4. The lowest BCUT2D eigenvalue weighted by Crippen LogP contribution is -2.12. The Morgan fingerprint density at radius 1 is 1.36 bits per heavy atom. The predicted octanol–water partition coefficient (Wildman–Crippen LogP) is 2.20. The number of nitrogens with two attached hydrogens (primary N) is 1. The van der Waals surface area contributed by atoms with Gasteiger partial charge >= 0.3 is 5.97 Å². The summed E-state index contributed by atoms with van der Waals surface area (Å²) in [5.41, 5.74) is 6.74. The third-order valence-electron chi connectivity index (χ3n) is 4.05. The van der Waals surface area contributed by atoms with Gasteiger partial charge in [0, 0.05) is 12.5 Å². The summed E-state index contributed by atoms with van der Waals surface area (Å²) in [6, 6.07) is 6.48. The number of anilines is 1. The Labute approximate surface area is 143 Å². The first-order valence-electron chi connectivity index (χ1n) is 7.91. The van der Waals surface area contributed by atoms with E-state index >= 15 is 0 Å². The van der Waals surface area contributed by atoms with Crippen LogP contribution in [-0.2, 0) is 4.74 Å². The molecule has 0 radical (unpaired) electrons. The molecule has 2 aromatic heterocycles. The Bertz CT molecular complexity index is 1030. The molecule has 1 aromatic carbocycles. The van der Waals surface area contributed by atoms with Gasteiger partial charge in [0.05, 0.1) is 17.4 Å². The SMILES string of the molecule is CCOC(=O)c1cc2c(=O)c3cc(C(C)CO)ccc3oc2nc1N. The minimum absolute atomic E-state index is 0.0286. The smallest absolute Gasteiger partial charge is 0.341 e. The van der Waals surface area contributed by atoms with Gasteiger partial charge in [0.2, 0.25) is 11.1 Å². The quantitative estimate of drug-likeness (QED) is 0.551. The van der Waals surface area contributed by atoms with E-state index in [1.807, 2.05) is 6.92 Å². The molecule has 3 rings (SSSR count). The van der Waals surface area contributed by atoms with E-state index in [1.54, 1.807) is 25.1 Å². The van der Waals surface area contributed by atoms with Crippen LogP contribution in [0.4, 0.5) is 5.82 Å². The van der Waals surface area contributed by atoms with Gasteiger partial charge in [0.1, 0.15) is 17.0 Å². The summed E-state index contributed by atoms with van der Waals surface area (Å²) >= 11 is 0. The van der Waals surface area contributed by atoms with E-state index in [1.165, 1.54) is 6.07 Å². The van der Waals surface area contributed by atoms with Crippen molar-refractivity contribution >= 4 is 33.9 Å². The van der Waals surface area contributed by atoms with Gasteiger partial charge in [-0.05, 0) is 30.7 Å². The molecule has 0 spiro atoms. The summed E-state index contributed by atoms with van der Waals surface area (Å²) in [7, 11) is 0. The fraction of sp³-hybridized carbons (Fsp3) is 0.278. The number of pyridine rings is 1. The van der Waals surface area contributed by atoms with Crippen LogP contribution in [0.25, 0.3) is 22.1 Å². The van der Waals surface area contributed by atoms with Gasteiger partial charge in [0.25, 0.3) is 0 Å². The number of esters is 1. The van der Waals surface area contributed by atoms with Gasteiger partial charge in [-0.1, -0.05) is 13.0 Å². The minimum Gasteiger partial charge on any atom is -0.462 e. The topological polar surface area (TPSA) is 116 Å². The molecule has 0 aliphatic heterocycles. The lowest BCUT2D eigenvalue weighted by molar-refractivity contribution is 0.0527. The number of ether oxygens (including phenoxy) is 1. The standard InChI is InChI=1S/C18H18N2O5/c1-3-24-18(23)13-7-12-15(22)11-6-10(9(2)8-21)4-5-14(11)25-17(12)20-16(13)19/h4-7,9,21H,3,8H2,1-2H3,(H2,19,20). The van der Waals surface area contributed by atoms with Crippen LogP contribution in [0, 0.1) is 0 Å². The van der Waals surface area contributed by atoms with Crippen molar-refractivity contribution in [1.29, 1.82) is 0 Å². The van der Waals surface area contributed by atoms with Gasteiger partial charge < -0.3 is 20.0 Å². The fourth-order valence-corrected chi connectivity index (χ4v) is 2.60. The molecule has 1 atom stereocenters. The molecule has 7 nitrogen and oxygen atoms in total. The van der Waals surface area contributed by atoms with Crippen molar-refractivity contribution in [3.05, 3.63) is 45.6 Å². The summed E-state index contributed by atoms with van der Waals surface area (Å²) in [6.45, 7) is 3.68. The van der Waals surface area contributed by atoms with Crippen molar-refractivity contribution in [2.75, 3.05) is 18.9 Å². The van der Waals surface area contributed by atoms with Crippen LogP contribution in [0.2, 0.25) is 0 Å². The molecule has 0 saturated carbocycles. The first-order valence-corrected chi connectivity index (χ1v) is 7.91. The van der Waals surface area contributed by atoms with E-state index < -0.39 is 5.97 Å². The maximum absolute atomic E-state index is 12.8. The van der Waals surface area contributed by atoms with Crippen LogP contribution >= 0.6 is 0 Å². The van der Waals surface area contributed by atoms with E-state index in [4.69, 9.17) is 14.9 Å². The molecule has 7 heteroatoms. The fourth-order valence-electron chi connectivity index (χ4n) is 2.60. The molecule has 1 unspecified atom stereocenters. The molecule has 3 aromatic rings. The number of rotatable bonds is 4. The number of aliphatic hydroxyl groups excluding tert-OH is 1. The van der Waals surface area contributed by atoms with Crippen molar-refractivity contribution in [2.45, 2.75) is 19.8 Å². The average molecular weight is 342 g/mol. The van der Waals surface area contributed by atoms with E-state index in [0.29, 0.717) is 11.0 Å². The summed E-state index contributed by atoms with van der Waals surface area (Å²) in [5.74, 6) is -0.811. The van der Waals surface area contributed by atoms with Crippen LogP contribution in [0.5, 0.6) is 0 Å². The number of aromatic nitrogens is 1. The minimum atomic E-state index is -0.642. The first kappa shape index (κ1) is 16.9. The predicted molar refractivity (Wildman–Crippen MR) is 93.7 cm³/mol. The lowest BCUT2D eigenvalue weighted by atomic mass is 10.00. The highest BCUT2D eigenvalue weighted by Gasteiger charge is 2.18. The van der Waals surface area contributed by atoms with Crippen LogP contribution < -0.4 is 11.2 Å². The lowest BCUT2D eigenvalue weighted by Gasteiger charge is -2.10. The van der Waals surface area contributed by atoms with Gasteiger partial charge in [-0.2, -0.15) is 4.98 Å². The number of fused-ring (bicyclic) bond motifs is 2. The summed E-state index contributed by atoms with van der Waals surface area (Å²) in [6.07, 6.45) is 0. The first-order chi connectivity index (χ1) is 12.0. The highest BCUT2D eigenvalue weighted by molar-refractivity contribution is 5.99. The highest BCUT2D eigenvalue weighted by Crippen LogP contribution is 2.24. The van der Waals surface area contributed by atoms with Gasteiger partial charge in [0.15, 0.2) is 0 Å². The van der Waals surface area contributed by atoms with Crippen molar-refractivity contribution in [3.63, 3.8) is 0 Å². The van der Waals surface area contributed by atoms with Crippen molar-refractivity contribution < 1.29 is 19.1 Å². The Balaban J connectivity index is 2.28. The average Bonchev–Trinajstić information content (AvgIpc) is 2.60. The second-order valence-electron chi connectivity index (χ2n) is 5.76. The number of hydrogen-bond acceptors (Lipinski definition) is 7. The zero-order chi connectivity index (χ0) is 18.1. The Morgan fingerprint density at radius 3 is 2.80 bits per heavy atom. The second-order valence-corrected chi connectivity index (χ2v) is 5.76. The summed E-state index contributed by atoms with van der Waals surface area (Å²) < 4.78 is 10.6. The maximum Gasteiger partial charge on any atom is 0.341 e. The molecular weight excluding hydrogens is 324 g/mol. The van der Waals surface area contributed by atoms with Crippen molar-refractivity contribution in [3.8, 4) is 0 Å². The monoisotopic (exact) mass is 342 g/mol.